The maximum atomic E-state index is 12.7. The number of hydrogen-bond acceptors (Lipinski definition) is 5. The zero-order chi connectivity index (χ0) is 18.4. The van der Waals surface area contributed by atoms with Crippen LogP contribution in [0.2, 0.25) is 5.02 Å². The second-order valence-corrected chi connectivity index (χ2v) is 7.10. The molecule has 1 amide bonds. The highest BCUT2D eigenvalue weighted by atomic mass is 35.5. The van der Waals surface area contributed by atoms with Gasteiger partial charge in [-0.2, -0.15) is 0 Å². The van der Waals surface area contributed by atoms with E-state index < -0.39 is 0 Å². The quantitative estimate of drug-likeness (QED) is 0.560. The number of rotatable bonds is 8. The second kappa shape index (κ2) is 9.22. The summed E-state index contributed by atoms with van der Waals surface area (Å²) >= 11 is 7.25. The van der Waals surface area contributed by atoms with E-state index in [1.807, 2.05) is 13.8 Å². The Morgan fingerprint density at radius 1 is 1.48 bits per heavy atom. The van der Waals surface area contributed by atoms with Crippen molar-refractivity contribution in [3.63, 3.8) is 0 Å². The van der Waals surface area contributed by atoms with Crippen LogP contribution < -0.4 is 10.9 Å². The number of methoxy groups -OCH3 is 1. The summed E-state index contributed by atoms with van der Waals surface area (Å²) in [6, 6.07) is 4.96. The van der Waals surface area contributed by atoms with Crippen LogP contribution in [0.3, 0.4) is 0 Å². The predicted octanol–water partition coefficient (Wildman–Crippen LogP) is 2.70. The van der Waals surface area contributed by atoms with Gasteiger partial charge >= 0.3 is 0 Å². The predicted molar refractivity (Wildman–Crippen MR) is 102 cm³/mol. The summed E-state index contributed by atoms with van der Waals surface area (Å²) in [7, 11) is 1.59. The molecule has 0 spiro atoms. The number of ether oxygens (including phenoxy) is 1. The van der Waals surface area contributed by atoms with Crippen LogP contribution in [0.4, 0.5) is 0 Å². The fourth-order valence-corrected chi connectivity index (χ4v) is 3.45. The van der Waals surface area contributed by atoms with E-state index >= 15 is 0 Å². The van der Waals surface area contributed by atoms with Crippen LogP contribution >= 0.6 is 23.4 Å². The van der Waals surface area contributed by atoms with Gasteiger partial charge in [0.1, 0.15) is 0 Å². The molecule has 1 aromatic heterocycles. The first-order valence-corrected chi connectivity index (χ1v) is 9.43. The number of halogens is 1. The number of aromatic nitrogens is 2. The lowest BCUT2D eigenvalue weighted by Crippen LogP contribution is -2.36. The van der Waals surface area contributed by atoms with Crippen molar-refractivity contribution in [3.8, 4) is 0 Å². The van der Waals surface area contributed by atoms with Crippen LogP contribution in [0.5, 0.6) is 0 Å². The summed E-state index contributed by atoms with van der Waals surface area (Å²) in [5.41, 5.74) is 0.430. The van der Waals surface area contributed by atoms with Gasteiger partial charge in [0, 0.05) is 24.7 Å². The van der Waals surface area contributed by atoms with Crippen LogP contribution in [-0.2, 0) is 16.1 Å². The summed E-state index contributed by atoms with van der Waals surface area (Å²) in [5.74, 6) is 0.0500. The molecule has 1 unspecified atom stereocenters. The number of hydrogen-bond donors (Lipinski definition) is 1. The van der Waals surface area contributed by atoms with E-state index in [9.17, 15) is 9.59 Å². The maximum absolute atomic E-state index is 12.7. The Morgan fingerprint density at radius 3 is 2.92 bits per heavy atom. The minimum atomic E-state index is -0.127. The van der Waals surface area contributed by atoms with Gasteiger partial charge in [0.15, 0.2) is 5.16 Å². The Kier molecular flexibility index (Phi) is 7.28. The fraction of sp³-hybridized carbons (Fsp3) is 0.471. The zero-order valence-electron chi connectivity index (χ0n) is 14.5. The van der Waals surface area contributed by atoms with Crippen molar-refractivity contribution in [3.05, 3.63) is 33.6 Å². The molecule has 0 bridgehead atoms. The van der Waals surface area contributed by atoms with E-state index in [1.165, 1.54) is 11.8 Å². The molecule has 0 saturated carbocycles. The number of thioether (sulfide) groups is 1. The van der Waals surface area contributed by atoms with E-state index in [-0.39, 0.29) is 23.3 Å². The van der Waals surface area contributed by atoms with Crippen molar-refractivity contribution < 1.29 is 9.53 Å². The van der Waals surface area contributed by atoms with Crippen molar-refractivity contribution >= 4 is 40.2 Å². The number of amides is 1. The minimum Gasteiger partial charge on any atom is -0.383 e. The average Bonchev–Trinajstić information content (AvgIpc) is 2.56. The number of benzene rings is 1. The zero-order valence-corrected chi connectivity index (χ0v) is 16.1. The van der Waals surface area contributed by atoms with Crippen LogP contribution in [0.15, 0.2) is 28.2 Å². The van der Waals surface area contributed by atoms with E-state index in [0.717, 1.165) is 6.42 Å². The molecule has 8 heteroatoms. The summed E-state index contributed by atoms with van der Waals surface area (Å²) in [4.78, 5) is 29.3. The van der Waals surface area contributed by atoms with Crippen molar-refractivity contribution in [1.29, 1.82) is 0 Å². The van der Waals surface area contributed by atoms with Crippen LogP contribution in [0.25, 0.3) is 10.9 Å². The van der Waals surface area contributed by atoms with E-state index in [1.54, 1.807) is 29.9 Å². The van der Waals surface area contributed by atoms with Gasteiger partial charge in [-0.3, -0.25) is 14.2 Å². The van der Waals surface area contributed by atoms with Gasteiger partial charge in [0.25, 0.3) is 5.56 Å². The van der Waals surface area contributed by atoms with Crippen molar-refractivity contribution in [2.24, 2.45) is 0 Å². The third kappa shape index (κ3) is 5.20. The standard InChI is InChI=1S/C17H22ClN3O3S/c1-4-7-21-16(23)13-6-5-12(18)8-14(13)20-17(21)25-10-15(22)19-11(2)9-24-3/h5-6,8,11H,4,7,9-10H2,1-3H3,(H,19,22). The number of nitrogens with one attached hydrogen (secondary N) is 1. The van der Waals surface area contributed by atoms with Crippen LogP contribution in [0, 0.1) is 0 Å². The first-order valence-electron chi connectivity index (χ1n) is 8.07. The Bertz CT molecular complexity index is 810. The van der Waals surface area contributed by atoms with Crippen molar-refractivity contribution in [2.45, 2.75) is 38.0 Å². The largest absolute Gasteiger partial charge is 0.383 e. The van der Waals surface area contributed by atoms with E-state index in [0.29, 0.717) is 34.2 Å². The summed E-state index contributed by atoms with van der Waals surface area (Å²) < 4.78 is 6.62. The van der Waals surface area contributed by atoms with Crippen molar-refractivity contribution in [2.75, 3.05) is 19.5 Å². The minimum absolute atomic E-state index is 0.0701. The molecule has 6 nitrogen and oxygen atoms in total. The molecule has 1 aromatic carbocycles. The second-order valence-electron chi connectivity index (χ2n) is 5.73. The summed E-state index contributed by atoms with van der Waals surface area (Å²) in [6.45, 7) is 4.86. The maximum Gasteiger partial charge on any atom is 0.262 e. The molecule has 0 aliphatic carbocycles. The average molecular weight is 384 g/mol. The molecule has 1 heterocycles. The molecule has 1 atom stereocenters. The Balaban J connectivity index is 2.25. The number of carbonyl (C=O) groups excluding carboxylic acids is 1. The molecule has 0 fully saturated rings. The topological polar surface area (TPSA) is 73.2 Å². The van der Waals surface area contributed by atoms with Gasteiger partial charge in [-0.1, -0.05) is 30.3 Å². The van der Waals surface area contributed by atoms with Gasteiger partial charge in [0.2, 0.25) is 5.91 Å². The van der Waals surface area contributed by atoms with Gasteiger partial charge in [0.05, 0.1) is 23.3 Å². The molecule has 0 aliphatic heterocycles. The Hall–Kier alpha value is -1.57. The molecular weight excluding hydrogens is 362 g/mol. The molecule has 0 radical (unpaired) electrons. The van der Waals surface area contributed by atoms with Crippen LogP contribution in [-0.4, -0.2) is 41.0 Å². The lowest BCUT2D eigenvalue weighted by atomic mass is 10.2. The molecular formula is C17H22ClN3O3S. The Morgan fingerprint density at radius 2 is 2.24 bits per heavy atom. The molecule has 136 valence electrons. The van der Waals surface area contributed by atoms with E-state index in [2.05, 4.69) is 10.3 Å². The molecule has 2 aromatic rings. The fourth-order valence-electron chi connectivity index (χ4n) is 2.44. The summed E-state index contributed by atoms with van der Waals surface area (Å²) in [5, 5.41) is 4.42. The highest BCUT2D eigenvalue weighted by Gasteiger charge is 2.14. The van der Waals surface area contributed by atoms with Gasteiger partial charge in [-0.15, -0.1) is 0 Å². The van der Waals surface area contributed by atoms with Gasteiger partial charge in [-0.25, -0.2) is 4.98 Å². The third-order valence-corrected chi connectivity index (χ3v) is 4.70. The summed E-state index contributed by atoms with van der Waals surface area (Å²) in [6.07, 6.45) is 0.797. The molecule has 0 aliphatic rings. The van der Waals surface area contributed by atoms with Gasteiger partial charge in [-0.05, 0) is 31.5 Å². The van der Waals surface area contributed by atoms with Gasteiger partial charge < -0.3 is 10.1 Å². The highest BCUT2D eigenvalue weighted by molar-refractivity contribution is 7.99. The molecule has 1 N–H and O–H groups in total. The lowest BCUT2D eigenvalue weighted by molar-refractivity contribution is -0.119. The molecule has 25 heavy (non-hydrogen) atoms. The smallest absolute Gasteiger partial charge is 0.262 e. The molecule has 0 saturated heterocycles. The highest BCUT2D eigenvalue weighted by Crippen LogP contribution is 2.20. The van der Waals surface area contributed by atoms with Crippen molar-refractivity contribution in [1.82, 2.24) is 14.9 Å². The Labute approximate surface area is 155 Å². The molecule has 2 rings (SSSR count). The number of carbonyl (C=O) groups is 1. The monoisotopic (exact) mass is 383 g/mol. The first kappa shape index (κ1) is 19.8. The van der Waals surface area contributed by atoms with Crippen LogP contribution in [0.1, 0.15) is 20.3 Å². The van der Waals surface area contributed by atoms with E-state index in [4.69, 9.17) is 16.3 Å². The SMILES string of the molecule is CCCn1c(SCC(=O)NC(C)COC)nc2cc(Cl)ccc2c1=O. The number of fused-ring (bicyclic) bond motifs is 1. The lowest BCUT2D eigenvalue weighted by Gasteiger charge is -2.14. The normalized spacial score (nSPS) is 12.3. The first-order chi connectivity index (χ1) is 12.0. The number of nitrogens with zero attached hydrogens (tertiary/aromatic N) is 2. The third-order valence-electron chi connectivity index (χ3n) is 3.49.